The molecule has 0 radical (unpaired) electrons. The lowest BCUT2D eigenvalue weighted by molar-refractivity contribution is -0.116. The normalized spacial score (nSPS) is 10.0. The number of rotatable bonds is 7. The molecule has 0 aromatic heterocycles. The van der Waals surface area contributed by atoms with E-state index in [-0.39, 0.29) is 5.91 Å². The second kappa shape index (κ2) is 8.25. The van der Waals surface area contributed by atoms with Crippen LogP contribution >= 0.6 is 11.6 Å². The van der Waals surface area contributed by atoms with Crippen LogP contribution in [0.4, 0.5) is 5.69 Å². The fourth-order valence-electron chi connectivity index (χ4n) is 1.96. The Hall–Kier alpha value is -2.26. The molecule has 0 atom stereocenters. The number of ether oxygens (including phenoxy) is 1. The SMILES string of the molecule is C=CCOc1ccc(NC(=O)CCc2ccccc2Cl)cc1. The van der Waals surface area contributed by atoms with E-state index < -0.39 is 0 Å². The average Bonchev–Trinajstić information content (AvgIpc) is 2.53. The third kappa shape index (κ3) is 4.93. The Morgan fingerprint density at radius 3 is 2.59 bits per heavy atom. The lowest BCUT2D eigenvalue weighted by Gasteiger charge is -2.08. The average molecular weight is 316 g/mol. The van der Waals surface area contributed by atoms with Gasteiger partial charge in [-0.05, 0) is 42.3 Å². The summed E-state index contributed by atoms with van der Waals surface area (Å²) in [5, 5.41) is 3.55. The molecule has 0 unspecified atom stereocenters. The van der Waals surface area contributed by atoms with Crippen LogP contribution in [0, 0.1) is 0 Å². The molecule has 4 heteroatoms. The third-order valence-corrected chi connectivity index (χ3v) is 3.45. The van der Waals surface area contributed by atoms with E-state index in [1.165, 1.54) is 0 Å². The van der Waals surface area contributed by atoms with Gasteiger partial charge in [-0.25, -0.2) is 0 Å². The molecule has 0 aliphatic heterocycles. The lowest BCUT2D eigenvalue weighted by atomic mass is 10.1. The minimum absolute atomic E-state index is 0.0420. The number of anilines is 1. The molecule has 0 aliphatic carbocycles. The summed E-state index contributed by atoms with van der Waals surface area (Å²) >= 11 is 6.07. The Morgan fingerprint density at radius 2 is 1.91 bits per heavy atom. The zero-order chi connectivity index (χ0) is 15.8. The van der Waals surface area contributed by atoms with Gasteiger partial charge in [-0.2, -0.15) is 0 Å². The summed E-state index contributed by atoms with van der Waals surface area (Å²) in [6.45, 7) is 4.05. The monoisotopic (exact) mass is 315 g/mol. The van der Waals surface area contributed by atoms with Crippen LogP contribution < -0.4 is 10.1 Å². The van der Waals surface area contributed by atoms with Crippen LogP contribution in [0.2, 0.25) is 5.02 Å². The molecule has 2 rings (SSSR count). The van der Waals surface area contributed by atoms with Gasteiger partial charge in [0.05, 0.1) is 0 Å². The van der Waals surface area contributed by atoms with Gasteiger partial charge in [-0.1, -0.05) is 42.5 Å². The van der Waals surface area contributed by atoms with Crippen molar-refractivity contribution < 1.29 is 9.53 Å². The number of aryl methyl sites for hydroxylation is 1. The standard InChI is InChI=1S/C18H18ClNO2/c1-2-13-22-16-10-8-15(9-11-16)20-18(21)12-7-14-5-3-4-6-17(14)19/h2-6,8-11H,1,7,12-13H2,(H,20,21). The summed E-state index contributed by atoms with van der Waals surface area (Å²) in [6.07, 6.45) is 2.69. The second-order valence-electron chi connectivity index (χ2n) is 4.76. The Kier molecular flexibility index (Phi) is 6.04. The molecule has 0 fully saturated rings. The molecule has 0 bridgehead atoms. The van der Waals surface area contributed by atoms with Crippen molar-refractivity contribution in [3.8, 4) is 5.75 Å². The number of carbonyl (C=O) groups is 1. The molecule has 2 aromatic rings. The number of carbonyl (C=O) groups excluding carboxylic acids is 1. The molecule has 0 saturated carbocycles. The molecule has 3 nitrogen and oxygen atoms in total. The summed E-state index contributed by atoms with van der Waals surface area (Å²) in [7, 11) is 0. The zero-order valence-electron chi connectivity index (χ0n) is 12.2. The van der Waals surface area contributed by atoms with Crippen LogP contribution in [-0.2, 0) is 11.2 Å². The van der Waals surface area contributed by atoms with Gasteiger partial charge in [0.15, 0.2) is 0 Å². The molecule has 0 aliphatic rings. The first-order valence-corrected chi connectivity index (χ1v) is 7.44. The Morgan fingerprint density at radius 1 is 1.18 bits per heavy atom. The van der Waals surface area contributed by atoms with Crippen molar-refractivity contribution >= 4 is 23.2 Å². The number of nitrogens with one attached hydrogen (secondary N) is 1. The number of halogens is 1. The molecule has 2 aromatic carbocycles. The highest BCUT2D eigenvalue weighted by Gasteiger charge is 2.05. The predicted molar refractivity (Wildman–Crippen MR) is 90.5 cm³/mol. The van der Waals surface area contributed by atoms with Gasteiger partial charge in [0.2, 0.25) is 5.91 Å². The van der Waals surface area contributed by atoms with Crippen LogP contribution in [0.3, 0.4) is 0 Å². The quantitative estimate of drug-likeness (QED) is 0.765. The lowest BCUT2D eigenvalue weighted by Crippen LogP contribution is -2.12. The predicted octanol–water partition coefficient (Wildman–Crippen LogP) is 4.48. The number of hydrogen-bond donors (Lipinski definition) is 1. The summed E-state index contributed by atoms with van der Waals surface area (Å²) in [6, 6.07) is 14.8. The third-order valence-electron chi connectivity index (χ3n) is 3.09. The van der Waals surface area contributed by atoms with Crippen molar-refractivity contribution in [2.75, 3.05) is 11.9 Å². The summed E-state index contributed by atoms with van der Waals surface area (Å²) in [5.74, 6) is 0.702. The number of amides is 1. The van der Waals surface area contributed by atoms with Crippen molar-refractivity contribution in [2.24, 2.45) is 0 Å². The van der Waals surface area contributed by atoms with Crippen molar-refractivity contribution in [3.05, 3.63) is 71.8 Å². The molecule has 1 amide bonds. The maximum Gasteiger partial charge on any atom is 0.224 e. The number of hydrogen-bond acceptors (Lipinski definition) is 2. The Labute approximate surface area is 135 Å². The summed E-state index contributed by atoms with van der Waals surface area (Å²) in [5.41, 5.74) is 1.72. The molecular formula is C18H18ClNO2. The van der Waals surface area contributed by atoms with Gasteiger partial charge in [0.25, 0.3) is 0 Å². The largest absolute Gasteiger partial charge is 0.490 e. The summed E-state index contributed by atoms with van der Waals surface area (Å²) in [4.78, 5) is 12.0. The van der Waals surface area contributed by atoms with E-state index in [9.17, 15) is 4.79 Å². The van der Waals surface area contributed by atoms with Crippen molar-refractivity contribution in [2.45, 2.75) is 12.8 Å². The van der Waals surface area contributed by atoms with Crippen molar-refractivity contribution in [1.82, 2.24) is 0 Å². The van der Waals surface area contributed by atoms with Gasteiger partial charge < -0.3 is 10.1 Å². The molecule has 0 heterocycles. The fourth-order valence-corrected chi connectivity index (χ4v) is 2.19. The molecular weight excluding hydrogens is 298 g/mol. The van der Waals surface area contributed by atoms with Gasteiger partial charge in [-0.3, -0.25) is 4.79 Å². The molecule has 0 spiro atoms. The zero-order valence-corrected chi connectivity index (χ0v) is 13.0. The summed E-state index contributed by atoms with van der Waals surface area (Å²) < 4.78 is 5.39. The molecule has 22 heavy (non-hydrogen) atoms. The van der Waals surface area contributed by atoms with Crippen LogP contribution in [0.25, 0.3) is 0 Å². The highest BCUT2D eigenvalue weighted by Crippen LogP contribution is 2.18. The number of benzene rings is 2. The van der Waals surface area contributed by atoms with E-state index in [1.807, 2.05) is 48.5 Å². The Bertz CT molecular complexity index is 638. The van der Waals surface area contributed by atoms with Crippen LogP contribution in [0.5, 0.6) is 5.75 Å². The first-order valence-electron chi connectivity index (χ1n) is 7.06. The van der Waals surface area contributed by atoms with E-state index >= 15 is 0 Å². The van der Waals surface area contributed by atoms with Gasteiger partial charge in [-0.15, -0.1) is 0 Å². The van der Waals surface area contributed by atoms with E-state index in [1.54, 1.807) is 6.08 Å². The molecule has 114 valence electrons. The van der Waals surface area contributed by atoms with Gasteiger partial charge in [0.1, 0.15) is 12.4 Å². The van der Waals surface area contributed by atoms with E-state index in [4.69, 9.17) is 16.3 Å². The van der Waals surface area contributed by atoms with E-state index in [0.29, 0.717) is 24.5 Å². The van der Waals surface area contributed by atoms with Crippen LogP contribution in [0.15, 0.2) is 61.2 Å². The van der Waals surface area contributed by atoms with Gasteiger partial charge >= 0.3 is 0 Å². The second-order valence-corrected chi connectivity index (χ2v) is 5.17. The molecule has 1 N–H and O–H groups in total. The topological polar surface area (TPSA) is 38.3 Å². The highest BCUT2D eigenvalue weighted by molar-refractivity contribution is 6.31. The Balaban J connectivity index is 1.84. The van der Waals surface area contributed by atoms with E-state index in [2.05, 4.69) is 11.9 Å². The minimum atomic E-state index is -0.0420. The minimum Gasteiger partial charge on any atom is -0.490 e. The van der Waals surface area contributed by atoms with Gasteiger partial charge in [0, 0.05) is 17.1 Å². The smallest absolute Gasteiger partial charge is 0.224 e. The van der Waals surface area contributed by atoms with Crippen molar-refractivity contribution in [1.29, 1.82) is 0 Å². The first kappa shape index (κ1) is 16.1. The van der Waals surface area contributed by atoms with Crippen molar-refractivity contribution in [3.63, 3.8) is 0 Å². The first-order chi connectivity index (χ1) is 10.7. The van der Waals surface area contributed by atoms with E-state index in [0.717, 1.165) is 17.0 Å². The van der Waals surface area contributed by atoms with Crippen LogP contribution in [0.1, 0.15) is 12.0 Å². The molecule has 0 saturated heterocycles. The fraction of sp³-hybridized carbons (Fsp3) is 0.167. The maximum absolute atomic E-state index is 12.0. The van der Waals surface area contributed by atoms with Crippen LogP contribution in [-0.4, -0.2) is 12.5 Å². The highest BCUT2D eigenvalue weighted by atomic mass is 35.5. The maximum atomic E-state index is 12.0.